The summed E-state index contributed by atoms with van der Waals surface area (Å²) in [5.41, 5.74) is 0. The molecule has 0 aliphatic carbocycles. The minimum Gasteiger partial charge on any atom is -0.242 e. The zero-order valence-corrected chi connectivity index (χ0v) is 11.5. The van der Waals surface area contributed by atoms with Crippen molar-refractivity contribution >= 4 is 22.6 Å². The Morgan fingerprint density at radius 1 is 1.53 bits per heavy atom. The lowest BCUT2D eigenvalue weighted by molar-refractivity contribution is 0.549. The highest BCUT2D eigenvalue weighted by molar-refractivity contribution is 7.84. The highest BCUT2D eigenvalue weighted by Crippen LogP contribution is 2.12. The van der Waals surface area contributed by atoms with E-state index in [0.29, 0.717) is 5.88 Å². The molecule has 1 N–H and O–H groups in total. The molecule has 0 amide bonds. The van der Waals surface area contributed by atoms with Gasteiger partial charge in [0.25, 0.3) is 0 Å². The van der Waals surface area contributed by atoms with Crippen molar-refractivity contribution in [3.05, 3.63) is 12.7 Å². The van der Waals surface area contributed by atoms with E-state index in [1.54, 1.807) is 0 Å². The first-order chi connectivity index (χ1) is 6.91. The first kappa shape index (κ1) is 15.1. The van der Waals surface area contributed by atoms with Gasteiger partial charge in [0.2, 0.25) is 0 Å². The van der Waals surface area contributed by atoms with Crippen LogP contribution in [0.1, 0.15) is 40.0 Å². The molecule has 15 heavy (non-hydrogen) atoms. The van der Waals surface area contributed by atoms with Crippen molar-refractivity contribution in [2.75, 3.05) is 5.88 Å². The smallest absolute Gasteiger partial charge is 0.0972 e. The van der Waals surface area contributed by atoms with Gasteiger partial charge in [0.15, 0.2) is 0 Å². The normalized spacial score (nSPS) is 16.0. The molecule has 2 nitrogen and oxygen atoms in total. The van der Waals surface area contributed by atoms with E-state index in [2.05, 4.69) is 11.3 Å². The molecule has 90 valence electrons. The van der Waals surface area contributed by atoms with E-state index >= 15 is 0 Å². The molecule has 0 saturated heterocycles. The van der Waals surface area contributed by atoms with Crippen LogP contribution in [0, 0.1) is 0 Å². The molecule has 0 bridgehead atoms. The number of rotatable bonds is 7. The summed E-state index contributed by atoms with van der Waals surface area (Å²) in [6.07, 6.45) is 4.57. The van der Waals surface area contributed by atoms with E-state index in [-0.39, 0.29) is 10.8 Å². The van der Waals surface area contributed by atoms with Gasteiger partial charge in [-0.15, -0.1) is 18.2 Å². The molecule has 2 atom stereocenters. The van der Waals surface area contributed by atoms with E-state index in [1.807, 2.05) is 26.8 Å². The minimum absolute atomic E-state index is 0.222. The van der Waals surface area contributed by atoms with Gasteiger partial charge in [-0.1, -0.05) is 6.08 Å². The summed E-state index contributed by atoms with van der Waals surface area (Å²) in [7, 11) is -1.01. The molecule has 0 aromatic rings. The predicted octanol–water partition coefficient (Wildman–Crippen LogP) is 3.00. The molecule has 0 aliphatic rings. The average molecular weight is 252 g/mol. The van der Waals surface area contributed by atoms with E-state index in [9.17, 15) is 4.21 Å². The Bertz CT molecular complexity index is 213. The molecule has 0 aliphatic heterocycles. The van der Waals surface area contributed by atoms with Gasteiger partial charge in [0.05, 0.1) is 15.7 Å². The lowest BCUT2D eigenvalue weighted by atomic mass is 10.1. The summed E-state index contributed by atoms with van der Waals surface area (Å²) in [6.45, 7) is 9.59. The fraction of sp³-hybridized carbons (Fsp3) is 0.818. The van der Waals surface area contributed by atoms with Gasteiger partial charge >= 0.3 is 0 Å². The highest BCUT2D eigenvalue weighted by atomic mass is 35.5. The SMILES string of the molecule is C=CC[C@H](CCCCl)NS(=O)C(C)(C)C. The maximum absolute atomic E-state index is 11.8. The molecule has 0 heterocycles. The number of alkyl halides is 1. The Morgan fingerprint density at radius 2 is 2.13 bits per heavy atom. The Balaban J connectivity index is 4.15. The Hall–Kier alpha value is 0.140. The molecule has 0 rings (SSSR count). The standard InChI is InChI=1S/C11H22ClNOS/c1-5-7-10(8-6-9-12)13-15(14)11(2,3)4/h5,10,13H,1,6-9H2,2-4H3/t10-,15?/m1/s1. The Labute approximate surface area is 101 Å². The van der Waals surface area contributed by atoms with Crippen molar-refractivity contribution in [2.24, 2.45) is 0 Å². The minimum atomic E-state index is -1.01. The van der Waals surface area contributed by atoms with E-state index in [1.165, 1.54) is 0 Å². The molecule has 0 saturated carbocycles. The van der Waals surface area contributed by atoms with Crippen molar-refractivity contribution in [3.8, 4) is 0 Å². The van der Waals surface area contributed by atoms with Crippen molar-refractivity contribution in [2.45, 2.75) is 50.8 Å². The summed E-state index contributed by atoms with van der Waals surface area (Å²) in [5.74, 6) is 0.650. The first-order valence-electron chi connectivity index (χ1n) is 5.26. The monoisotopic (exact) mass is 251 g/mol. The summed E-state index contributed by atoms with van der Waals surface area (Å²) >= 11 is 5.64. The van der Waals surface area contributed by atoms with Gasteiger partial charge in [-0.2, -0.15) is 0 Å². The molecule has 4 heteroatoms. The largest absolute Gasteiger partial charge is 0.242 e. The van der Waals surface area contributed by atoms with Crippen LogP contribution in [0.5, 0.6) is 0 Å². The van der Waals surface area contributed by atoms with Gasteiger partial charge in [0.1, 0.15) is 0 Å². The van der Waals surface area contributed by atoms with Gasteiger partial charge in [0, 0.05) is 11.9 Å². The van der Waals surface area contributed by atoms with Gasteiger partial charge < -0.3 is 0 Å². The fourth-order valence-electron chi connectivity index (χ4n) is 1.08. The maximum Gasteiger partial charge on any atom is 0.0972 e. The van der Waals surface area contributed by atoms with Crippen LogP contribution < -0.4 is 4.72 Å². The van der Waals surface area contributed by atoms with Gasteiger partial charge in [-0.3, -0.25) is 0 Å². The molecule has 0 fully saturated rings. The second-order valence-electron chi connectivity index (χ2n) is 4.55. The highest BCUT2D eigenvalue weighted by Gasteiger charge is 2.21. The molecule has 0 radical (unpaired) electrons. The van der Waals surface area contributed by atoms with Crippen molar-refractivity contribution in [1.29, 1.82) is 0 Å². The van der Waals surface area contributed by atoms with Crippen LogP contribution in [-0.2, 0) is 11.0 Å². The first-order valence-corrected chi connectivity index (χ1v) is 6.95. The third-order valence-electron chi connectivity index (χ3n) is 1.97. The van der Waals surface area contributed by atoms with E-state index < -0.39 is 11.0 Å². The van der Waals surface area contributed by atoms with Crippen molar-refractivity contribution in [3.63, 3.8) is 0 Å². The second kappa shape index (κ2) is 7.42. The zero-order valence-electron chi connectivity index (χ0n) is 9.88. The summed E-state index contributed by atoms with van der Waals surface area (Å²) in [6, 6.07) is 0.223. The molecule has 1 unspecified atom stereocenters. The van der Waals surface area contributed by atoms with Gasteiger partial charge in [-0.25, -0.2) is 8.93 Å². The van der Waals surface area contributed by atoms with Crippen LogP contribution in [0.15, 0.2) is 12.7 Å². The topological polar surface area (TPSA) is 29.1 Å². The quantitative estimate of drug-likeness (QED) is 0.547. The van der Waals surface area contributed by atoms with Gasteiger partial charge in [-0.05, 0) is 40.0 Å². The zero-order chi connectivity index (χ0) is 11.9. The Morgan fingerprint density at radius 3 is 2.53 bits per heavy atom. The number of nitrogens with one attached hydrogen (secondary N) is 1. The fourth-order valence-corrected chi connectivity index (χ4v) is 2.10. The summed E-state index contributed by atoms with van der Waals surface area (Å²) in [4.78, 5) is 0. The van der Waals surface area contributed by atoms with Crippen molar-refractivity contribution in [1.82, 2.24) is 4.72 Å². The summed E-state index contributed by atoms with van der Waals surface area (Å²) in [5, 5.41) is 0. The molecular formula is C11H22ClNOS. The molecular weight excluding hydrogens is 230 g/mol. The third kappa shape index (κ3) is 7.09. The second-order valence-corrected chi connectivity index (χ2v) is 6.93. The number of halogens is 1. The number of hydrogen-bond donors (Lipinski definition) is 1. The average Bonchev–Trinajstić information content (AvgIpc) is 2.13. The lowest BCUT2D eigenvalue weighted by Gasteiger charge is -2.23. The molecule has 0 spiro atoms. The third-order valence-corrected chi connectivity index (χ3v) is 3.89. The van der Waals surface area contributed by atoms with Crippen LogP contribution in [0.2, 0.25) is 0 Å². The van der Waals surface area contributed by atoms with E-state index in [0.717, 1.165) is 19.3 Å². The van der Waals surface area contributed by atoms with Crippen LogP contribution in [0.4, 0.5) is 0 Å². The Kier molecular flexibility index (Phi) is 7.49. The number of hydrogen-bond acceptors (Lipinski definition) is 1. The van der Waals surface area contributed by atoms with Crippen LogP contribution in [-0.4, -0.2) is 20.9 Å². The molecule has 0 aromatic heterocycles. The van der Waals surface area contributed by atoms with Crippen LogP contribution in [0.25, 0.3) is 0 Å². The van der Waals surface area contributed by atoms with Crippen LogP contribution >= 0.6 is 11.6 Å². The maximum atomic E-state index is 11.8. The summed E-state index contributed by atoms with van der Waals surface area (Å²) < 4.78 is 14.8. The lowest BCUT2D eigenvalue weighted by Crippen LogP contribution is -2.39. The molecule has 0 aromatic carbocycles. The predicted molar refractivity (Wildman–Crippen MR) is 69.6 cm³/mol. The van der Waals surface area contributed by atoms with E-state index in [4.69, 9.17) is 11.6 Å². The van der Waals surface area contributed by atoms with Crippen molar-refractivity contribution < 1.29 is 4.21 Å². The van der Waals surface area contributed by atoms with Crippen LogP contribution in [0.3, 0.4) is 0 Å².